The zero-order valence-corrected chi connectivity index (χ0v) is 18.0. The molecule has 2 aromatic heterocycles. The summed E-state index contributed by atoms with van der Waals surface area (Å²) in [4.78, 5) is 21.9. The number of nitrogens with one attached hydrogen (secondary N) is 2. The van der Waals surface area contributed by atoms with Gasteiger partial charge in [0, 0.05) is 24.3 Å². The second-order valence-corrected chi connectivity index (χ2v) is 7.45. The molecule has 0 bridgehead atoms. The average Bonchev–Trinajstić information content (AvgIpc) is 2.71. The van der Waals surface area contributed by atoms with Gasteiger partial charge in [0.15, 0.2) is 0 Å². The molecule has 8 nitrogen and oxygen atoms in total. The van der Waals surface area contributed by atoms with Crippen LogP contribution >= 0.6 is 0 Å². The third kappa shape index (κ3) is 4.71. The van der Waals surface area contributed by atoms with E-state index < -0.39 is 0 Å². The summed E-state index contributed by atoms with van der Waals surface area (Å²) in [6.45, 7) is 5.31. The van der Waals surface area contributed by atoms with Crippen LogP contribution in [-0.2, 0) is 13.1 Å². The monoisotopic (exact) mass is 410 g/mol. The number of pyridine rings is 1. The van der Waals surface area contributed by atoms with Crippen molar-refractivity contribution in [1.82, 2.24) is 19.9 Å². The first-order valence-corrected chi connectivity index (χ1v) is 10.2. The van der Waals surface area contributed by atoms with E-state index in [9.17, 15) is 4.79 Å². The van der Waals surface area contributed by atoms with E-state index in [4.69, 9.17) is 10.5 Å². The first kappa shape index (κ1) is 21.6. The minimum atomic E-state index is -0.167. The average molecular weight is 411 g/mol. The van der Waals surface area contributed by atoms with Gasteiger partial charge < -0.3 is 25.7 Å². The van der Waals surface area contributed by atoms with Gasteiger partial charge in [0.1, 0.15) is 17.0 Å². The van der Waals surface area contributed by atoms with Gasteiger partial charge in [-0.2, -0.15) is 4.98 Å². The molecule has 0 radical (unpaired) electrons. The van der Waals surface area contributed by atoms with Gasteiger partial charge >= 0.3 is 0 Å². The van der Waals surface area contributed by atoms with Crippen molar-refractivity contribution in [3.05, 3.63) is 51.9 Å². The zero-order valence-electron chi connectivity index (χ0n) is 18.0. The third-order valence-electron chi connectivity index (χ3n) is 5.02. The Hall–Kier alpha value is -3.13. The van der Waals surface area contributed by atoms with Crippen LogP contribution in [0.25, 0.3) is 10.9 Å². The topological polar surface area (TPSA) is 107 Å². The van der Waals surface area contributed by atoms with Crippen molar-refractivity contribution >= 4 is 22.7 Å². The summed E-state index contributed by atoms with van der Waals surface area (Å²) in [6.07, 6.45) is 3.72. The predicted molar refractivity (Wildman–Crippen MR) is 121 cm³/mol. The Morgan fingerprint density at radius 1 is 1.27 bits per heavy atom. The number of nitrogen functional groups attached to an aromatic ring is 1. The van der Waals surface area contributed by atoms with Crippen LogP contribution in [0.4, 0.5) is 11.8 Å². The highest BCUT2D eigenvalue weighted by molar-refractivity contribution is 5.89. The summed E-state index contributed by atoms with van der Waals surface area (Å²) in [7, 11) is 3.54. The molecule has 0 aliphatic rings. The lowest BCUT2D eigenvalue weighted by Gasteiger charge is -2.16. The summed E-state index contributed by atoms with van der Waals surface area (Å²) < 4.78 is 7.20. The Bertz CT molecular complexity index is 1080. The highest BCUT2D eigenvalue weighted by Gasteiger charge is 2.15. The SMILES string of the molecule is CCC[C@@H](C)Nc1nc(N)nc2ccn(Cc3ccc(CNC)cc3OC)c(=O)c12. The highest BCUT2D eigenvalue weighted by Crippen LogP contribution is 2.23. The second-order valence-electron chi connectivity index (χ2n) is 7.45. The van der Waals surface area contributed by atoms with E-state index in [0.29, 0.717) is 23.3 Å². The normalized spacial score (nSPS) is 12.1. The minimum Gasteiger partial charge on any atom is -0.496 e. The number of hydrogen-bond acceptors (Lipinski definition) is 7. The van der Waals surface area contributed by atoms with Crippen molar-refractivity contribution in [3.63, 3.8) is 0 Å². The molecule has 30 heavy (non-hydrogen) atoms. The number of fused-ring (bicyclic) bond motifs is 1. The Kier molecular flexibility index (Phi) is 6.89. The van der Waals surface area contributed by atoms with Crippen LogP contribution in [0, 0.1) is 0 Å². The van der Waals surface area contributed by atoms with Gasteiger partial charge in [-0.1, -0.05) is 25.5 Å². The van der Waals surface area contributed by atoms with Gasteiger partial charge in [-0.05, 0) is 38.1 Å². The summed E-state index contributed by atoms with van der Waals surface area (Å²) in [6, 6.07) is 7.97. The molecule has 0 spiro atoms. The smallest absolute Gasteiger partial charge is 0.264 e. The lowest BCUT2D eigenvalue weighted by atomic mass is 10.1. The molecule has 8 heteroatoms. The molecule has 3 aromatic rings. The van der Waals surface area contributed by atoms with Gasteiger partial charge in [-0.15, -0.1) is 0 Å². The molecule has 0 aliphatic heterocycles. The van der Waals surface area contributed by atoms with E-state index >= 15 is 0 Å². The number of methoxy groups -OCH3 is 1. The van der Waals surface area contributed by atoms with Gasteiger partial charge in [0.25, 0.3) is 5.56 Å². The molecule has 0 fully saturated rings. The maximum atomic E-state index is 13.3. The lowest BCUT2D eigenvalue weighted by molar-refractivity contribution is 0.407. The Labute approximate surface area is 176 Å². The van der Waals surface area contributed by atoms with Gasteiger partial charge in [-0.25, -0.2) is 4.98 Å². The van der Waals surface area contributed by atoms with Crippen molar-refractivity contribution in [2.24, 2.45) is 0 Å². The molecule has 1 aromatic carbocycles. The van der Waals surface area contributed by atoms with Crippen molar-refractivity contribution in [1.29, 1.82) is 0 Å². The largest absolute Gasteiger partial charge is 0.496 e. The maximum absolute atomic E-state index is 13.3. The van der Waals surface area contributed by atoms with E-state index in [-0.39, 0.29) is 17.5 Å². The number of nitrogens with zero attached hydrogens (tertiary/aromatic N) is 3. The van der Waals surface area contributed by atoms with Crippen molar-refractivity contribution in [3.8, 4) is 5.75 Å². The number of hydrogen-bond donors (Lipinski definition) is 3. The van der Waals surface area contributed by atoms with Crippen molar-refractivity contribution < 1.29 is 4.74 Å². The number of rotatable bonds is 9. The van der Waals surface area contributed by atoms with Crippen LogP contribution in [0.5, 0.6) is 5.75 Å². The van der Waals surface area contributed by atoms with E-state index in [2.05, 4.69) is 34.4 Å². The van der Waals surface area contributed by atoms with Crippen molar-refractivity contribution in [2.45, 2.75) is 45.8 Å². The van der Waals surface area contributed by atoms with Gasteiger partial charge in [0.2, 0.25) is 5.95 Å². The number of anilines is 2. The van der Waals surface area contributed by atoms with E-state index in [1.807, 2.05) is 25.2 Å². The number of ether oxygens (including phenoxy) is 1. The van der Waals surface area contributed by atoms with Crippen LogP contribution in [0.3, 0.4) is 0 Å². The van der Waals surface area contributed by atoms with Gasteiger partial charge in [0.05, 0.1) is 19.2 Å². The highest BCUT2D eigenvalue weighted by atomic mass is 16.5. The molecular formula is C22H30N6O2. The first-order chi connectivity index (χ1) is 14.5. The Balaban J connectivity index is 2.03. The van der Waals surface area contributed by atoms with Crippen LogP contribution in [-0.4, -0.2) is 34.7 Å². The Morgan fingerprint density at radius 2 is 2.07 bits per heavy atom. The fraction of sp³-hybridized carbons (Fsp3) is 0.409. The van der Waals surface area contributed by atoms with E-state index in [0.717, 1.165) is 36.3 Å². The summed E-state index contributed by atoms with van der Waals surface area (Å²) >= 11 is 0. The fourth-order valence-corrected chi connectivity index (χ4v) is 3.58. The number of nitrogens with two attached hydrogens (primary N) is 1. The molecule has 0 aliphatic carbocycles. The van der Waals surface area contributed by atoms with Crippen LogP contribution in [0.15, 0.2) is 35.3 Å². The first-order valence-electron chi connectivity index (χ1n) is 10.2. The molecule has 0 unspecified atom stereocenters. The van der Waals surface area contributed by atoms with E-state index in [1.165, 1.54) is 0 Å². The molecule has 3 rings (SSSR count). The molecule has 0 saturated heterocycles. The Morgan fingerprint density at radius 3 is 2.77 bits per heavy atom. The van der Waals surface area contributed by atoms with Crippen molar-refractivity contribution in [2.75, 3.05) is 25.2 Å². The van der Waals surface area contributed by atoms with Crippen LogP contribution in [0.2, 0.25) is 0 Å². The van der Waals surface area contributed by atoms with Gasteiger partial charge in [-0.3, -0.25) is 4.79 Å². The molecular weight excluding hydrogens is 380 g/mol. The quantitative estimate of drug-likeness (QED) is 0.498. The molecule has 0 amide bonds. The lowest BCUT2D eigenvalue weighted by Crippen LogP contribution is -2.24. The maximum Gasteiger partial charge on any atom is 0.264 e. The summed E-state index contributed by atoms with van der Waals surface area (Å²) in [5, 5.41) is 6.90. The molecule has 160 valence electrons. The van der Waals surface area contributed by atoms with Crippen LogP contribution < -0.4 is 26.7 Å². The summed E-state index contributed by atoms with van der Waals surface area (Å²) in [5.74, 6) is 1.37. The predicted octanol–water partition coefficient (Wildman–Crippen LogP) is 2.75. The second kappa shape index (κ2) is 9.58. The molecule has 1 atom stereocenters. The van der Waals surface area contributed by atoms with Crippen LogP contribution in [0.1, 0.15) is 37.8 Å². The third-order valence-corrected chi connectivity index (χ3v) is 5.02. The minimum absolute atomic E-state index is 0.146. The van der Waals surface area contributed by atoms with E-state index in [1.54, 1.807) is 23.9 Å². The number of benzene rings is 1. The molecule has 2 heterocycles. The standard InChI is InChI=1S/C22H30N6O2/c1-5-6-14(2)25-20-19-17(26-22(23)27-20)9-10-28(21(19)29)13-16-8-7-15(12-24-3)11-18(16)30-4/h7-11,14,24H,5-6,12-13H2,1-4H3,(H3,23,25,26,27)/t14-/m1/s1. The molecule has 4 N–H and O–H groups in total. The summed E-state index contributed by atoms with van der Waals surface area (Å²) in [5.41, 5.74) is 8.27. The number of aromatic nitrogens is 3. The molecule has 0 saturated carbocycles. The zero-order chi connectivity index (χ0) is 21.7. The fourth-order valence-electron chi connectivity index (χ4n) is 3.58.